The van der Waals surface area contributed by atoms with Gasteiger partial charge in [-0.25, -0.2) is 4.39 Å². The summed E-state index contributed by atoms with van der Waals surface area (Å²) in [5, 5.41) is 5.13. The molecule has 0 atom stereocenters. The van der Waals surface area contributed by atoms with Crippen molar-refractivity contribution < 1.29 is 14.0 Å². The predicted octanol–water partition coefficient (Wildman–Crippen LogP) is 2.04. The first-order chi connectivity index (χ1) is 9.56. The molecule has 6 heteroatoms. The Kier molecular flexibility index (Phi) is 2.64. The van der Waals surface area contributed by atoms with E-state index in [1.165, 1.54) is 24.3 Å². The van der Waals surface area contributed by atoms with E-state index < -0.39 is 17.6 Å². The number of halogens is 1. The molecule has 2 amide bonds. The fourth-order valence-corrected chi connectivity index (χ4v) is 2.05. The molecule has 0 aliphatic carbocycles. The molecule has 2 aromatic rings. The van der Waals surface area contributed by atoms with E-state index in [0.717, 1.165) is 0 Å². The number of nitrogen functional groups attached to an aromatic ring is 1. The first-order valence-corrected chi connectivity index (χ1v) is 5.87. The lowest BCUT2D eigenvalue weighted by atomic mass is 10.1. The van der Waals surface area contributed by atoms with Crippen molar-refractivity contribution in [1.82, 2.24) is 5.32 Å². The van der Waals surface area contributed by atoms with E-state index in [-0.39, 0.29) is 11.3 Å². The molecule has 2 aromatic carbocycles. The average Bonchev–Trinajstić information content (AvgIpc) is 2.70. The zero-order valence-electron chi connectivity index (χ0n) is 10.2. The molecule has 5 nitrogen and oxygen atoms in total. The second-order valence-electron chi connectivity index (χ2n) is 4.37. The molecular formula is C14H10FN3O2. The van der Waals surface area contributed by atoms with Crippen LogP contribution in [0.15, 0.2) is 36.4 Å². The molecule has 0 saturated heterocycles. The summed E-state index contributed by atoms with van der Waals surface area (Å²) in [5.74, 6) is -1.38. The SMILES string of the molecule is Nc1c(F)cccc1Nc1ccc2c(c1)C(=O)NC2=O. The zero-order valence-corrected chi connectivity index (χ0v) is 10.2. The molecule has 3 rings (SSSR count). The van der Waals surface area contributed by atoms with Crippen LogP contribution in [0.2, 0.25) is 0 Å². The number of nitrogens with two attached hydrogens (primary N) is 1. The van der Waals surface area contributed by atoms with Crippen LogP contribution in [0.1, 0.15) is 20.7 Å². The van der Waals surface area contributed by atoms with Gasteiger partial charge in [0.15, 0.2) is 0 Å². The monoisotopic (exact) mass is 271 g/mol. The van der Waals surface area contributed by atoms with E-state index in [0.29, 0.717) is 16.9 Å². The highest BCUT2D eigenvalue weighted by atomic mass is 19.1. The van der Waals surface area contributed by atoms with Gasteiger partial charge in [-0.05, 0) is 30.3 Å². The highest BCUT2D eigenvalue weighted by Crippen LogP contribution is 2.27. The van der Waals surface area contributed by atoms with Gasteiger partial charge in [0.2, 0.25) is 0 Å². The normalized spacial score (nSPS) is 13.1. The fourth-order valence-electron chi connectivity index (χ4n) is 2.05. The van der Waals surface area contributed by atoms with Crippen LogP contribution in [-0.4, -0.2) is 11.8 Å². The van der Waals surface area contributed by atoms with Gasteiger partial charge in [-0.3, -0.25) is 14.9 Å². The summed E-state index contributed by atoms with van der Waals surface area (Å²) in [5.41, 5.74) is 7.17. The van der Waals surface area contributed by atoms with Crippen molar-refractivity contribution in [2.75, 3.05) is 11.1 Å². The van der Waals surface area contributed by atoms with Crippen LogP contribution in [0.25, 0.3) is 0 Å². The van der Waals surface area contributed by atoms with Crippen LogP contribution < -0.4 is 16.4 Å². The van der Waals surface area contributed by atoms with Crippen molar-refractivity contribution in [1.29, 1.82) is 0 Å². The second-order valence-corrected chi connectivity index (χ2v) is 4.37. The Morgan fingerprint density at radius 1 is 1.05 bits per heavy atom. The number of para-hydroxylation sites is 1. The Morgan fingerprint density at radius 2 is 1.80 bits per heavy atom. The van der Waals surface area contributed by atoms with Crippen LogP contribution in [0, 0.1) is 5.82 Å². The molecule has 0 aromatic heterocycles. The van der Waals surface area contributed by atoms with Gasteiger partial charge in [-0.2, -0.15) is 0 Å². The summed E-state index contributed by atoms with van der Waals surface area (Å²) in [6.45, 7) is 0. The first-order valence-electron chi connectivity index (χ1n) is 5.87. The highest BCUT2D eigenvalue weighted by Gasteiger charge is 2.26. The number of amides is 2. The van der Waals surface area contributed by atoms with Crippen LogP contribution in [0.5, 0.6) is 0 Å². The second kappa shape index (κ2) is 4.34. The highest BCUT2D eigenvalue weighted by molar-refractivity contribution is 6.21. The Morgan fingerprint density at radius 3 is 2.60 bits per heavy atom. The largest absolute Gasteiger partial charge is 0.395 e. The molecule has 0 unspecified atom stereocenters. The number of fused-ring (bicyclic) bond motifs is 1. The van der Waals surface area contributed by atoms with Crippen LogP contribution in [-0.2, 0) is 0 Å². The summed E-state index contributed by atoms with van der Waals surface area (Å²) in [4.78, 5) is 23.0. The van der Waals surface area contributed by atoms with Gasteiger partial charge in [0, 0.05) is 5.69 Å². The number of hydrogen-bond acceptors (Lipinski definition) is 4. The number of imide groups is 1. The third kappa shape index (κ3) is 1.87. The Balaban J connectivity index is 1.97. The summed E-state index contributed by atoms with van der Waals surface area (Å²) in [7, 11) is 0. The van der Waals surface area contributed by atoms with E-state index in [2.05, 4.69) is 10.6 Å². The number of nitrogens with one attached hydrogen (secondary N) is 2. The molecule has 0 radical (unpaired) electrons. The summed E-state index contributed by atoms with van der Waals surface area (Å²) < 4.78 is 13.3. The van der Waals surface area contributed by atoms with Crippen molar-refractivity contribution in [2.45, 2.75) is 0 Å². The molecule has 0 bridgehead atoms. The molecular weight excluding hydrogens is 261 g/mol. The van der Waals surface area contributed by atoms with Gasteiger partial charge < -0.3 is 11.1 Å². The molecule has 1 aliphatic rings. The van der Waals surface area contributed by atoms with Crippen molar-refractivity contribution in [3.8, 4) is 0 Å². The number of carbonyl (C=O) groups is 2. The number of rotatable bonds is 2. The third-order valence-corrected chi connectivity index (χ3v) is 3.07. The van der Waals surface area contributed by atoms with Gasteiger partial charge in [-0.1, -0.05) is 6.07 Å². The standard InChI is InChI=1S/C14H10FN3O2/c15-10-2-1-3-11(12(10)16)17-7-4-5-8-9(6-7)14(20)18-13(8)19/h1-6,17H,16H2,(H,18,19,20). The van der Waals surface area contributed by atoms with E-state index >= 15 is 0 Å². The minimum atomic E-state index is -0.524. The van der Waals surface area contributed by atoms with Gasteiger partial charge in [0.05, 0.1) is 22.5 Å². The van der Waals surface area contributed by atoms with Crippen molar-refractivity contribution in [3.63, 3.8) is 0 Å². The molecule has 0 spiro atoms. The van der Waals surface area contributed by atoms with Gasteiger partial charge >= 0.3 is 0 Å². The predicted molar refractivity (Wildman–Crippen MR) is 72.3 cm³/mol. The quantitative estimate of drug-likeness (QED) is 0.576. The molecule has 4 N–H and O–H groups in total. The molecule has 0 saturated carbocycles. The van der Waals surface area contributed by atoms with Crippen LogP contribution >= 0.6 is 0 Å². The number of carbonyl (C=O) groups excluding carboxylic acids is 2. The summed E-state index contributed by atoms with van der Waals surface area (Å²) in [6.07, 6.45) is 0. The van der Waals surface area contributed by atoms with E-state index in [1.807, 2.05) is 0 Å². The minimum absolute atomic E-state index is 0.00599. The maximum Gasteiger partial charge on any atom is 0.259 e. The Bertz CT molecular complexity index is 743. The molecule has 1 aliphatic heterocycles. The van der Waals surface area contributed by atoms with Gasteiger partial charge in [0.25, 0.3) is 11.8 Å². The number of hydrogen-bond donors (Lipinski definition) is 3. The smallest absolute Gasteiger partial charge is 0.259 e. The average molecular weight is 271 g/mol. The van der Waals surface area contributed by atoms with Crippen LogP contribution in [0.4, 0.5) is 21.5 Å². The van der Waals surface area contributed by atoms with Gasteiger partial charge in [-0.15, -0.1) is 0 Å². The first kappa shape index (κ1) is 12.2. The Hall–Kier alpha value is -2.89. The summed E-state index contributed by atoms with van der Waals surface area (Å²) in [6, 6.07) is 9.10. The lowest BCUT2D eigenvalue weighted by Gasteiger charge is -2.10. The van der Waals surface area contributed by atoms with Crippen LogP contribution in [0.3, 0.4) is 0 Å². The maximum absolute atomic E-state index is 13.3. The number of anilines is 3. The fraction of sp³-hybridized carbons (Fsp3) is 0. The molecule has 20 heavy (non-hydrogen) atoms. The van der Waals surface area contributed by atoms with E-state index in [4.69, 9.17) is 5.73 Å². The lowest BCUT2D eigenvalue weighted by molar-refractivity contribution is 0.0879. The maximum atomic E-state index is 13.3. The zero-order chi connectivity index (χ0) is 14.3. The minimum Gasteiger partial charge on any atom is -0.395 e. The topological polar surface area (TPSA) is 84.2 Å². The van der Waals surface area contributed by atoms with Crippen molar-refractivity contribution in [2.24, 2.45) is 0 Å². The molecule has 0 fully saturated rings. The number of benzene rings is 2. The van der Waals surface area contributed by atoms with Gasteiger partial charge in [0.1, 0.15) is 5.82 Å². The van der Waals surface area contributed by atoms with Crippen molar-refractivity contribution in [3.05, 3.63) is 53.3 Å². The lowest BCUT2D eigenvalue weighted by Crippen LogP contribution is -2.19. The third-order valence-electron chi connectivity index (χ3n) is 3.07. The van der Waals surface area contributed by atoms with Crippen molar-refractivity contribution >= 4 is 28.9 Å². The van der Waals surface area contributed by atoms with E-state index in [1.54, 1.807) is 12.1 Å². The Labute approximate surface area is 113 Å². The molecule has 100 valence electrons. The molecule has 1 heterocycles. The summed E-state index contributed by atoms with van der Waals surface area (Å²) >= 11 is 0. The van der Waals surface area contributed by atoms with E-state index in [9.17, 15) is 14.0 Å².